The van der Waals surface area contributed by atoms with Crippen molar-refractivity contribution < 1.29 is 0 Å². The normalized spacial score (nSPS) is 10.3. The molecule has 0 aliphatic heterocycles. The summed E-state index contributed by atoms with van der Waals surface area (Å²) in [5, 5.41) is 0. The number of aryl methyl sites for hydroxylation is 2. The Labute approximate surface area is 62.7 Å². The van der Waals surface area contributed by atoms with Crippen molar-refractivity contribution >= 4 is 0 Å². The SMILES string of the molecule is CCCc1ccc(C)n1C. The molecule has 0 amide bonds. The third kappa shape index (κ3) is 1.23. The Hall–Kier alpha value is -0.720. The molecule has 1 nitrogen and oxygen atoms in total. The third-order valence-electron chi connectivity index (χ3n) is 1.98. The first kappa shape index (κ1) is 7.39. The largest absolute Gasteiger partial charge is 0.352 e. The van der Waals surface area contributed by atoms with Crippen LogP contribution in [0.2, 0.25) is 0 Å². The summed E-state index contributed by atoms with van der Waals surface area (Å²) in [7, 11) is 2.13. The Kier molecular flexibility index (Phi) is 2.15. The van der Waals surface area contributed by atoms with E-state index in [1.165, 1.54) is 24.2 Å². The summed E-state index contributed by atoms with van der Waals surface area (Å²) < 4.78 is 2.25. The molecule has 0 fully saturated rings. The zero-order chi connectivity index (χ0) is 7.56. The molecule has 0 unspecified atom stereocenters. The summed E-state index contributed by atoms with van der Waals surface area (Å²) in [4.78, 5) is 0. The molecule has 1 heterocycles. The molecule has 0 radical (unpaired) electrons. The van der Waals surface area contributed by atoms with E-state index in [9.17, 15) is 0 Å². The highest BCUT2D eigenvalue weighted by Gasteiger charge is 1.97. The fourth-order valence-electron chi connectivity index (χ4n) is 1.17. The summed E-state index contributed by atoms with van der Waals surface area (Å²) in [6.45, 7) is 4.35. The van der Waals surface area contributed by atoms with Crippen LogP contribution in [0.1, 0.15) is 24.7 Å². The molecule has 10 heavy (non-hydrogen) atoms. The molecule has 1 aromatic heterocycles. The van der Waals surface area contributed by atoms with E-state index in [4.69, 9.17) is 0 Å². The average Bonchev–Trinajstić information content (AvgIpc) is 2.20. The summed E-state index contributed by atoms with van der Waals surface area (Å²) >= 11 is 0. The lowest BCUT2D eigenvalue weighted by Crippen LogP contribution is -1.96. The van der Waals surface area contributed by atoms with Crippen LogP contribution in [0.15, 0.2) is 12.1 Å². The molecule has 1 aromatic rings. The fourth-order valence-corrected chi connectivity index (χ4v) is 1.17. The second-order valence-corrected chi connectivity index (χ2v) is 2.78. The maximum atomic E-state index is 2.25. The van der Waals surface area contributed by atoms with Gasteiger partial charge in [0.25, 0.3) is 0 Å². The van der Waals surface area contributed by atoms with Gasteiger partial charge in [0.15, 0.2) is 0 Å². The highest BCUT2D eigenvalue weighted by atomic mass is 14.9. The summed E-state index contributed by atoms with van der Waals surface area (Å²) in [6.07, 6.45) is 2.43. The predicted molar refractivity (Wildman–Crippen MR) is 44.1 cm³/mol. The van der Waals surface area contributed by atoms with Gasteiger partial charge >= 0.3 is 0 Å². The van der Waals surface area contributed by atoms with Crippen LogP contribution in [-0.4, -0.2) is 4.57 Å². The molecule has 0 N–H and O–H groups in total. The number of hydrogen-bond donors (Lipinski definition) is 0. The van der Waals surface area contributed by atoms with E-state index in [0.29, 0.717) is 0 Å². The second kappa shape index (κ2) is 2.91. The first-order chi connectivity index (χ1) is 4.75. The van der Waals surface area contributed by atoms with Crippen LogP contribution in [0.3, 0.4) is 0 Å². The average molecular weight is 137 g/mol. The standard InChI is InChI=1S/C9H15N/c1-4-5-9-7-6-8(2)10(9)3/h6-7H,4-5H2,1-3H3. The van der Waals surface area contributed by atoms with Crippen molar-refractivity contribution in [2.24, 2.45) is 7.05 Å². The molecular weight excluding hydrogens is 122 g/mol. The van der Waals surface area contributed by atoms with Crippen LogP contribution in [0.25, 0.3) is 0 Å². The number of aromatic nitrogens is 1. The highest BCUT2D eigenvalue weighted by Crippen LogP contribution is 2.07. The quantitative estimate of drug-likeness (QED) is 0.589. The zero-order valence-electron chi connectivity index (χ0n) is 7.02. The predicted octanol–water partition coefficient (Wildman–Crippen LogP) is 2.29. The topological polar surface area (TPSA) is 4.93 Å². The molecule has 0 saturated heterocycles. The Morgan fingerprint density at radius 3 is 2.50 bits per heavy atom. The Balaban J connectivity index is 2.83. The van der Waals surface area contributed by atoms with Gasteiger partial charge in [-0.2, -0.15) is 0 Å². The van der Waals surface area contributed by atoms with Crippen molar-refractivity contribution in [3.63, 3.8) is 0 Å². The van der Waals surface area contributed by atoms with Crippen molar-refractivity contribution in [1.29, 1.82) is 0 Å². The first-order valence-corrected chi connectivity index (χ1v) is 3.87. The maximum absolute atomic E-state index is 2.25. The maximum Gasteiger partial charge on any atom is 0.0174 e. The van der Waals surface area contributed by atoms with Gasteiger partial charge in [-0.15, -0.1) is 0 Å². The van der Waals surface area contributed by atoms with Crippen molar-refractivity contribution in [3.8, 4) is 0 Å². The zero-order valence-corrected chi connectivity index (χ0v) is 7.02. The van der Waals surface area contributed by atoms with Crippen molar-refractivity contribution in [2.45, 2.75) is 26.7 Å². The molecule has 0 atom stereocenters. The Morgan fingerprint density at radius 1 is 1.40 bits per heavy atom. The Bertz CT molecular complexity index is 211. The van der Waals surface area contributed by atoms with Crippen molar-refractivity contribution in [1.82, 2.24) is 4.57 Å². The van der Waals surface area contributed by atoms with Crippen LogP contribution in [0.4, 0.5) is 0 Å². The number of hydrogen-bond acceptors (Lipinski definition) is 0. The highest BCUT2D eigenvalue weighted by molar-refractivity contribution is 5.14. The van der Waals surface area contributed by atoms with Crippen molar-refractivity contribution in [2.75, 3.05) is 0 Å². The molecule has 1 heteroatoms. The molecule has 0 aromatic carbocycles. The van der Waals surface area contributed by atoms with Crippen LogP contribution in [0.5, 0.6) is 0 Å². The van der Waals surface area contributed by atoms with Crippen LogP contribution >= 0.6 is 0 Å². The van der Waals surface area contributed by atoms with Crippen LogP contribution in [-0.2, 0) is 13.5 Å². The lowest BCUT2D eigenvalue weighted by molar-refractivity contribution is 0.768. The minimum atomic E-state index is 1.20. The molecule has 0 spiro atoms. The molecule has 0 aliphatic carbocycles. The fraction of sp³-hybridized carbons (Fsp3) is 0.556. The van der Waals surface area contributed by atoms with E-state index in [1.807, 2.05) is 0 Å². The second-order valence-electron chi connectivity index (χ2n) is 2.78. The van der Waals surface area contributed by atoms with Crippen LogP contribution in [0, 0.1) is 6.92 Å². The summed E-state index contributed by atoms with van der Waals surface area (Å²) in [5.74, 6) is 0. The van der Waals surface area contributed by atoms with Gasteiger partial charge in [0.05, 0.1) is 0 Å². The summed E-state index contributed by atoms with van der Waals surface area (Å²) in [6, 6.07) is 4.38. The van der Waals surface area contributed by atoms with Gasteiger partial charge in [-0.3, -0.25) is 0 Å². The monoisotopic (exact) mass is 137 g/mol. The lowest BCUT2D eigenvalue weighted by Gasteiger charge is -2.01. The van der Waals surface area contributed by atoms with Gasteiger partial charge in [-0.05, 0) is 25.5 Å². The smallest absolute Gasteiger partial charge is 0.0174 e. The molecule has 0 aliphatic rings. The third-order valence-corrected chi connectivity index (χ3v) is 1.98. The van der Waals surface area contributed by atoms with Gasteiger partial charge in [-0.1, -0.05) is 13.3 Å². The van der Waals surface area contributed by atoms with E-state index in [2.05, 4.69) is 37.6 Å². The summed E-state index contributed by atoms with van der Waals surface area (Å²) in [5.41, 5.74) is 2.79. The number of nitrogens with zero attached hydrogens (tertiary/aromatic N) is 1. The van der Waals surface area contributed by atoms with Crippen LogP contribution < -0.4 is 0 Å². The molecule has 0 bridgehead atoms. The number of rotatable bonds is 2. The van der Waals surface area contributed by atoms with Gasteiger partial charge < -0.3 is 4.57 Å². The van der Waals surface area contributed by atoms with E-state index in [-0.39, 0.29) is 0 Å². The Morgan fingerprint density at radius 2 is 2.10 bits per heavy atom. The van der Waals surface area contributed by atoms with Gasteiger partial charge in [0.1, 0.15) is 0 Å². The first-order valence-electron chi connectivity index (χ1n) is 3.87. The van der Waals surface area contributed by atoms with E-state index in [1.54, 1.807) is 0 Å². The van der Waals surface area contributed by atoms with Gasteiger partial charge in [0.2, 0.25) is 0 Å². The molecule has 1 rings (SSSR count). The minimum Gasteiger partial charge on any atom is -0.352 e. The molecular formula is C9H15N. The molecule has 56 valence electrons. The lowest BCUT2D eigenvalue weighted by atomic mass is 10.2. The van der Waals surface area contributed by atoms with Crippen molar-refractivity contribution in [3.05, 3.63) is 23.5 Å². The molecule has 0 saturated carbocycles. The van der Waals surface area contributed by atoms with Gasteiger partial charge in [0, 0.05) is 18.4 Å². The minimum absolute atomic E-state index is 1.20. The van der Waals surface area contributed by atoms with Gasteiger partial charge in [-0.25, -0.2) is 0 Å². The van der Waals surface area contributed by atoms with E-state index in [0.717, 1.165) is 0 Å². The van der Waals surface area contributed by atoms with E-state index < -0.39 is 0 Å². The van der Waals surface area contributed by atoms with E-state index >= 15 is 0 Å².